The second-order valence-corrected chi connectivity index (χ2v) is 9.41. The van der Waals surface area contributed by atoms with Gasteiger partial charge in [0.1, 0.15) is 0 Å². The van der Waals surface area contributed by atoms with Gasteiger partial charge in [-0.2, -0.15) is 0 Å². The standard InChI is InChI=1S/C25H27NO4.ClH/c1-26-13-12-23-21-17-8-9-18(27)22(21)30-25(23,15-16-6-4-3-5-7-16)20(28)10-11-24(23,29-2)19(26)14-17;/h3-9,19,27H,10-15H2,1-2H3;1H/t19-,23-,24-,25?;/m1./s1. The number of phenolic OH excluding ortho intramolecular Hbond substituents is 1. The van der Waals surface area contributed by atoms with Gasteiger partial charge in [0.05, 0.1) is 11.0 Å². The highest BCUT2D eigenvalue weighted by Crippen LogP contribution is 2.69. The van der Waals surface area contributed by atoms with E-state index in [1.807, 2.05) is 24.3 Å². The van der Waals surface area contributed by atoms with Crippen LogP contribution in [0.1, 0.15) is 36.0 Å². The molecule has 1 spiro atoms. The van der Waals surface area contributed by atoms with E-state index >= 15 is 0 Å². The van der Waals surface area contributed by atoms with Crippen molar-refractivity contribution in [1.82, 2.24) is 4.90 Å². The van der Waals surface area contributed by atoms with Gasteiger partial charge in [0, 0.05) is 31.6 Å². The fourth-order valence-corrected chi connectivity index (χ4v) is 7.34. The number of ether oxygens (including phenoxy) is 2. The fraction of sp³-hybridized carbons (Fsp3) is 0.480. The molecule has 6 heteroatoms. The number of ketones is 1. The van der Waals surface area contributed by atoms with E-state index in [0.717, 1.165) is 30.5 Å². The van der Waals surface area contributed by atoms with Gasteiger partial charge in [0.2, 0.25) is 0 Å². The molecule has 0 amide bonds. The first kappa shape index (κ1) is 20.8. The van der Waals surface area contributed by atoms with Crippen LogP contribution in [0.4, 0.5) is 0 Å². The number of hydrogen-bond acceptors (Lipinski definition) is 5. The normalized spacial score (nSPS) is 35.2. The van der Waals surface area contributed by atoms with Crippen molar-refractivity contribution in [3.8, 4) is 11.5 Å². The number of nitrogens with zero attached hydrogens (tertiary/aromatic N) is 1. The second kappa shape index (κ2) is 6.71. The molecule has 6 rings (SSSR count). The van der Waals surface area contributed by atoms with Crippen LogP contribution in [0.5, 0.6) is 11.5 Å². The molecule has 5 nitrogen and oxygen atoms in total. The average molecular weight is 442 g/mol. The molecular formula is C25H28ClNO4. The largest absolute Gasteiger partial charge is 0.504 e. The maximum absolute atomic E-state index is 13.8. The van der Waals surface area contributed by atoms with Crippen LogP contribution >= 0.6 is 12.4 Å². The molecule has 2 aliphatic carbocycles. The minimum Gasteiger partial charge on any atom is -0.504 e. The molecule has 2 aromatic rings. The quantitative estimate of drug-likeness (QED) is 0.790. The highest BCUT2D eigenvalue weighted by atomic mass is 35.5. The highest BCUT2D eigenvalue weighted by Gasteiger charge is 2.79. The number of likely N-dealkylation sites (N-methyl/N-ethyl adjacent to an activating group) is 1. The summed E-state index contributed by atoms with van der Waals surface area (Å²) >= 11 is 0. The number of hydrogen-bond donors (Lipinski definition) is 1. The second-order valence-electron chi connectivity index (χ2n) is 9.41. The first-order valence-electron chi connectivity index (χ1n) is 10.9. The molecule has 1 saturated heterocycles. The summed E-state index contributed by atoms with van der Waals surface area (Å²) in [4.78, 5) is 16.2. The summed E-state index contributed by atoms with van der Waals surface area (Å²) in [6, 6.07) is 14.0. The molecule has 2 heterocycles. The summed E-state index contributed by atoms with van der Waals surface area (Å²) in [5.74, 6) is 0.758. The smallest absolute Gasteiger partial charge is 0.183 e. The third kappa shape index (κ3) is 2.22. The van der Waals surface area contributed by atoms with Crippen LogP contribution in [0, 0.1) is 0 Å². The Morgan fingerprint density at radius 2 is 1.97 bits per heavy atom. The summed E-state index contributed by atoms with van der Waals surface area (Å²) in [5.41, 5.74) is 1.10. The number of carbonyl (C=O) groups excluding carboxylic acids is 1. The van der Waals surface area contributed by atoms with E-state index in [-0.39, 0.29) is 30.0 Å². The molecule has 164 valence electrons. The Labute approximate surface area is 188 Å². The van der Waals surface area contributed by atoms with Crippen LogP contribution in [-0.2, 0) is 27.8 Å². The molecule has 2 aliphatic heterocycles. The van der Waals surface area contributed by atoms with Crippen molar-refractivity contribution in [2.24, 2.45) is 0 Å². The maximum Gasteiger partial charge on any atom is 0.183 e. The highest BCUT2D eigenvalue weighted by molar-refractivity contribution is 5.94. The van der Waals surface area contributed by atoms with Gasteiger partial charge >= 0.3 is 0 Å². The lowest BCUT2D eigenvalue weighted by Gasteiger charge is -2.66. The molecule has 0 aromatic heterocycles. The number of Topliss-reactive ketones (excluding diaryl/α,β-unsaturated/α-hetero) is 1. The zero-order valence-corrected chi connectivity index (χ0v) is 18.7. The minimum absolute atomic E-state index is 0. The van der Waals surface area contributed by atoms with Gasteiger partial charge in [-0.25, -0.2) is 0 Å². The molecule has 1 saturated carbocycles. The lowest BCUT2D eigenvalue weighted by atomic mass is 9.44. The Kier molecular flexibility index (Phi) is 4.50. The topological polar surface area (TPSA) is 59.0 Å². The number of piperidine rings is 1. The average Bonchev–Trinajstić information content (AvgIpc) is 3.06. The van der Waals surface area contributed by atoms with Crippen molar-refractivity contribution in [1.29, 1.82) is 0 Å². The van der Waals surface area contributed by atoms with E-state index in [0.29, 0.717) is 25.0 Å². The predicted octanol–water partition coefficient (Wildman–Crippen LogP) is 3.43. The van der Waals surface area contributed by atoms with Crippen molar-refractivity contribution < 1.29 is 19.4 Å². The lowest BCUT2D eigenvalue weighted by molar-refractivity contribution is -0.221. The van der Waals surface area contributed by atoms with Gasteiger partial charge in [-0.3, -0.25) is 4.79 Å². The molecule has 2 fully saturated rings. The van der Waals surface area contributed by atoms with Gasteiger partial charge in [-0.15, -0.1) is 12.4 Å². The van der Waals surface area contributed by atoms with E-state index in [9.17, 15) is 9.90 Å². The first-order valence-corrected chi connectivity index (χ1v) is 10.9. The minimum atomic E-state index is -1.06. The SMILES string of the molecule is CO[C@@]12CCC(=O)C3(Cc4ccccc4)Oc4c(O)ccc5c4[C@@]31CCN(C)[C@@H]2C5.Cl. The zero-order chi connectivity index (χ0) is 20.7. The maximum atomic E-state index is 13.8. The molecule has 0 radical (unpaired) electrons. The zero-order valence-electron chi connectivity index (χ0n) is 17.9. The molecular weight excluding hydrogens is 414 g/mol. The van der Waals surface area contributed by atoms with Gasteiger partial charge in [0.15, 0.2) is 22.9 Å². The van der Waals surface area contributed by atoms with Gasteiger partial charge in [0.25, 0.3) is 0 Å². The Bertz CT molecular complexity index is 1060. The number of benzene rings is 2. The number of methoxy groups -OCH3 is 1. The summed E-state index contributed by atoms with van der Waals surface area (Å²) in [5, 5.41) is 10.8. The molecule has 2 bridgehead atoms. The first-order chi connectivity index (χ1) is 14.5. The third-order valence-electron chi connectivity index (χ3n) is 8.50. The Morgan fingerprint density at radius 1 is 1.19 bits per heavy atom. The van der Waals surface area contributed by atoms with Gasteiger partial charge in [-0.1, -0.05) is 36.4 Å². The summed E-state index contributed by atoms with van der Waals surface area (Å²) in [7, 11) is 3.96. The summed E-state index contributed by atoms with van der Waals surface area (Å²) < 4.78 is 13.1. The Morgan fingerprint density at radius 3 is 2.71 bits per heavy atom. The van der Waals surface area contributed by atoms with Crippen LogP contribution in [0.25, 0.3) is 0 Å². The number of phenols is 1. The Hall–Kier alpha value is -2.08. The number of likely N-dealkylation sites (tertiary alicyclic amines) is 1. The van der Waals surface area contributed by atoms with Crippen molar-refractivity contribution >= 4 is 18.2 Å². The molecule has 1 unspecified atom stereocenters. The number of rotatable bonds is 3. The van der Waals surface area contributed by atoms with Crippen LogP contribution in [0.3, 0.4) is 0 Å². The molecule has 1 N–H and O–H groups in total. The fourth-order valence-electron chi connectivity index (χ4n) is 7.34. The third-order valence-corrected chi connectivity index (χ3v) is 8.50. The number of aromatic hydroxyl groups is 1. The van der Waals surface area contributed by atoms with Crippen molar-refractivity contribution in [2.75, 3.05) is 20.7 Å². The molecule has 2 aromatic carbocycles. The van der Waals surface area contributed by atoms with Crippen molar-refractivity contribution in [3.63, 3.8) is 0 Å². The molecule has 4 atom stereocenters. The Balaban J connectivity index is 0.00000204. The van der Waals surface area contributed by atoms with E-state index < -0.39 is 16.6 Å². The van der Waals surface area contributed by atoms with E-state index in [1.165, 1.54) is 5.56 Å². The monoisotopic (exact) mass is 441 g/mol. The lowest BCUT2D eigenvalue weighted by Crippen LogP contribution is -2.81. The summed E-state index contributed by atoms with van der Waals surface area (Å²) in [6.45, 7) is 0.873. The molecule has 4 aliphatic rings. The van der Waals surface area contributed by atoms with Crippen LogP contribution in [0.2, 0.25) is 0 Å². The number of halogens is 1. The van der Waals surface area contributed by atoms with E-state index in [2.05, 4.69) is 24.1 Å². The van der Waals surface area contributed by atoms with Gasteiger partial charge < -0.3 is 19.5 Å². The van der Waals surface area contributed by atoms with Gasteiger partial charge in [-0.05, 0) is 50.0 Å². The van der Waals surface area contributed by atoms with Crippen LogP contribution in [0.15, 0.2) is 42.5 Å². The van der Waals surface area contributed by atoms with Crippen molar-refractivity contribution in [2.45, 2.75) is 54.8 Å². The van der Waals surface area contributed by atoms with E-state index in [4.69, 9.17) is 9.47 Å². The predicted molar refractivity (Wildman–Crippen MR) is 119 cm³/mol. The van der Waals surface area contributed by atoms with Crippen LogP contribution < -0.4 is 4.74 Å². The van der Waals surface area contributed by atoms with E-state index in [1.54, 1.807) is 13.2 Å². The summed E-state index contributed by atoms with van der Waals surface area (Å²) in [6.07, 6.45) is 3.22. The number of carbonyl (C=O) groups is 1. The van der Waals surface area contributed by atoms with Crippen molar-refractivity contribution in [3.05, 3.63) is 59.2 Å². The molecule has 31 heavy (non-hydrogen) atoms. The van der Waals surface area contributed by atoms with Crippen LogP contribution in [-0.4, -0.2) is 53.7 Å².